The zero-order valence-corrected chi connectivity index (χ0v) is 13.7. The second-order valence-corrected chi connectivity index (χ2v) is 6.09. The molecule has 0 radical (unpaired) electrons. The van der Waals surface area contributed by atoms with Gasteiger partial charge in [0.1, 0.15) is 5.84 Å². The van der Waals surface area contributed by atoms with E-state index >= 15 is 0 Å². The molecule has 1 fully saturated rings. The van der Waals surface area contributed by atoms with Crippen LogP contribution < -0.4 is 10.2 Å². The average molecular weight is 330 g/mol. The van der Waals surface area contributed by atoms with Crippen molar-refractivity contribution in [2.24, 2.45) is 4.99 Å². The lowest BCUT2D eigenvalue weighted by molar-refractivity contribution is -0.115. The number of hydrogen-bond donors (Lipinski definition) is 1. The first-order valence-corrected chi connectivity index (χ1v) is 8.35. The molecule has 0 bridgehead atoms. The number of anilines is 1. The third-order valence-electron chi connectivity index (χ3n) is 3.97. The zero-order chi connectivity index (χ0) is 16.1. The number of amides is 1. The number of nitrogens with zero attached hydrogens (tertiary/aromatic N) is 2. The van der Waals surface area contributed by atoms with Gasteiger partial charge in [0, 0.05) is 36.4 Å². The first-order chi connectivity index (χ1) is 11.2. The van der Waals surface area contributed by atoms with Crippen molar-refractivity contribution in [1.82, 2.24) is 5.32 Å². The van der Waals surface area contributed by atoms with E-state index in [4.69, 9.17) is 11.6 Å². The highest BCUT2D eigenvalue weighted by molar-refractivity contribution is 6.32. The minimum atomic E-state index is -0.199. The molecule has 3 rings (SSSR count). The Balaban J connectivity index is 1.63. The van der Waals surface area contributed by atoms with Gasteiger partial charge in [0.25, 0.3) is 0 Å². The Morgan fingerprint density at radius 3 is 2.83 bits per heavy atom. The topological polar surface area (TPSA) is 44.7 Å². The van der Waals surface area contributed by atoms with Crippen LogP contribution in [0.15, 0.2) is 41.4 Å². The molecule has 2 aliphatic heterocycles. The first kappa shape index (κ1) is 15.8. The molecule has 0 atom stereocenters. The van der Waals surface area contributed by atoms with Gasteiger partial charge in [-0.1, -0.05) is 23.7 Å². The Kier molecular flexibility index (Phi) is 5.13. The van der Waals surface area contributed by atoms with Crippen LogP contribution in [0.5, 0.6) is 0 Å². The van der Waals surface area contributed by atoms with Gasteiger partial charge in [-0.15, -0.1) is 0 Å². The standard InChI is InChI=1S/C18H20ClN3O/c19-16-13-15(22-11-3-4-12-22)8-6-14(16)7-9-18(23)21-17-5-1-2-10-20-17/h1,5-9,13H,2-4,10-12H2,(H,20,21,23)/b9-7+. The van der Waals surface area contributed by atoms with Gasteiger partial charge in [-0.3, -0.25) is 9.79 Å². The van der Waals surface area contributed by atoms with E-state index in [1.54, 1.807) is 6.08 Å². The molecule has 120 valence electrons. The van der Waals surface area contributed by atoms with E-state index in [1.807, 2.05) is 24.3 Å². The molecule has 1 saturated heterocycles. The van der Waals surface area contributed by atoms with E-state index in [2.05, 4.69) is 21.3 Å². The Labute approximate surface area is 141 Å². The van der Waals surface area contributed by atoms with Gasteiger partial charge in [-0.05, 0) is 49.1 Å². The smallest absolute Gasteiger partial charge is 0.249 e. The molecule has 2 heterocycles. The Bertz CT molecular complexity index is 673. The van der Waals surface area contributed by atoms with E-state index in [1.165, 1.54) is 18.9 Å². The summed E-state index contributed by atoms with van der Waals surface area (Å²) in [6.07, 6.45) is 10.4. The molecule has 0 aromatic heterocycles. The second kappa shape index (κ2) is 7.47. The number of carbonyl (C=O) groups excluding carboxylic acids is 1. The number of rotatable bonds is 3. The number of amidine groups is 1. The van der Waals surface area contributed by atoms with Crippen molar-refractivity contribution in [2.75, 3.05) is 24.5 Å². The maximum absolute atomic E-state index is 11.9. The van der Waals surface area contributed by atoms with Crippen molar-refractivity contribution in [3.05, 3.63) is 47.0 Å². The summed E-state index contributed by atoms with van der Waals surface area (Å²) in [6.45, 7) is 2.90. The predicted molar refractivity (Wildman–Crippen MR) is 96.1 cm³/mol. The van der Waals surface area contributed by atoms with Crippen molar-refractivity contribution in [3.8, 4) is 0 Å². The van der Waals surface area contributed by atoms with Gasteiger partial charge >= 0.3 is 0 Å². The number of dihydropyridines is 1. The Morgan fingerprint density at radius 1 is 1.30 bits per heavy atom. The molecular weight excluding hydrogens is 310 g/mol. The highest BCUT2D eigenvalue weighted by Crippen LogP contribution is 2.27. The molecule has 0 unspecified atom stereocenters. The van der Waals surface area contributed by atoms with Crippen LogP contribution in [0.4, 0.5) is 5.69 Å². The third kappa shape index (κ3) is 4.23. The van der Waals surface area contributed by atoms with E-state index in [0.717, 1.165) is 37.3 Å². The van der Waals surface area contributed by atoms with Crippen LogP contribution >= 0.6 is 11.6 Å². The van der Waals surface area contributed by atoms with Crippen LogP contribution in [0.3, 0.4) is 0 Å². The molecule has 0 aliphatic carbocycles. The molecule has 2 aliphatic rings. The van der Waals surface area contributed by atoms with Crippen molar-refractivity contribution < 1.29 is 4.79 Å². The fourth-order valence-electron chi connectivity index (χ4n) is 2.75. The normalized spacial score (nSPS) is 17.6. The molecule has 4 nitrogen and oxygen atoms in total. The SMILES string of the molecule is O=C(/C=C/c1ccc(N2CCCC2)cc1Cl)NC1=NCCC=C1. The van der Waals surface area contributed by atoms with Gasteiger partial charge in [0.05, 0.1) is 0 Å². The summed E-state index contributed by atoms with van der Waals surface area (Å²) in [5, 5.41) is 3.41. The van der Waals surface area contributed by atoms with Crippen molar-refractivity contribution in [3.63, 3.8) is 0 Å². The summed E-state index contributed by atoms with van der Waals surface area (Å²) in [7, 11) is 0. The van der Waals surface area contributed by atoms with Gasteiger partial charge in [-0.2, -0.15) is 0 Å². The van der Waals surface area contributed by atoms with Gasteiger partial charge in [0.2, 0.25) is 5.91 Å². The lowest BCUT2D eigenvalue weighted by atomic mass is 10.1. The number of nitrogens with one attached hydrogen (secondary N) is 1. The highest BCUT2D eigenvalue weighted by atomic mass is 35.5. The molecular formula is C18H20ClN3O. The molecule has 1 N–H and O–H groups in total. The quantitative estimate of drug-likeness (QED) is 0.863. The fourth-order valence-corrected chi connectivity index (χ4v) is 2.98. The molecule has 23 heavy (non-hydrogen) atoms. The highest BCUT2D eigenvalue weighted by Gasteiger charge is 2.13. The number of benzene rings is 1. The van der Waals surface area contributed by atoms with Crippen LogP contribution in [0.2, 0.25) is 5.02 Å². The molecule has 5 heteroatoms. The van der Waals surface area contributed by atoms with E-state index in [9.17, 15) is 4.79 Å². The minimum Gasteiger partial charge on any atom is -0.371 e. The average Bonchev–Trinajstić information content (AvgIpc) is 3.09. The fraction of sp³-hybridized carbons (Fsp3) is 0.333. The van der Waals surface area contributed by atoms with E-state index in [0.29, 0.717) is 10.9 Å². The number of aliphatic imine (C=N–C) groups is 1. The lowest BCUT2D eigenvalue weighted by Crippen LogP contribution is -2.28. The van der Waals surface area contributed by atoms with E-state index < -0.39 is 0 Å². The third-order valence-corrected chi connectivity index (χ3v) is 4.30. The van der Waals surface area contributed by atoms with Crippen LogP contribution in [0.25, 0.3) is 6.08 Å². The zero-order valence-electron chi connectivity index (χ0n) is 13.0. The summed E-state index contributed by atoms with van der Waals surface area (Å²) in [4.78, 5) is 18.5. The predicted octanol–water partition coefficient (Wildman–Crippen LogP) is 3.43. The number of hydrogen-bond acceptors (Lipinski definition) is 3. The summed E-state index contributed by atoms with van der Waals surface area (Å²) in [5.74, 6) is 0.413. The van der Waals surface area contributed by atoms with Gasteiger partial charge in [-0.25, -0.2) is 0 Å². The largest absolute Gasteiger partial charge is 0.371 e. The lowest BCUT2D eigenvalue weighted by Gasteiger charge is -2.18. The maximum Gasteiger partial charge on any atom is 0.249 e. The van der Waals surface area contributed by atoms with Gasteiger partial charge in [0.15, 0.2) is 0 Å². The van der Waals surface area contributed by atoms with Crippen molar-refractivity contribution >= 4 is 35.1 Å². The summed E-state index contributed by atoms with van der Waals surface area (Å²) in [6, 6.07) is 5.99. The summed E-state index contributed by atoms with van der Waals surface area (Å²) < 4.78 is 0. The molecule has 0 saturated carbocycles. The summed E-state index contributed by atoms with van der Waals surface area (Å²) >= 11 is 6.34. The number of carbonyl (C=O) groups is 1. The van der Waals surface area contributed by atoms with Crippen LogP contribution in [0, 0.1) is 0 Å². The minimum absolute atomic E-state index is 0.199. The van der Waals surface area contributed by atoms with Crippen LogP contribution in [-0.4, -0.2) is 31.4 Å². The van der Waals surface area contributed by atoms with Crippen LogP contribution in [-0.2, 0) is 4.79 Å². The van der Waals surface area contributed by atoms with Crippen molar-refractivity contribution in [2.45, 2.75) is 19.3 Å². The number of halogens is 1. The first-order valence-electron chi connectivity index (χ1n) is 7.97. The van der Waals surface area contributed by atoms with Crippen molar-refractivity contribution in [1.29, 1.82) is 0 Å². The Morgan fingerprint density at radius 2 is 2.13 bits per heavy atom. The summed E-state index contributed by atoms with van der Waals surface area (Å²) in [5.41, 5.74) is 1.99. The maximum atomic E-state index is 11.9. The monoisotopic (exact) mass is 329 g/mol. The van der Waals surface area contributed by atoms with E-state index in [-0.39, 0.29) is 5.91 Å². The molecule has 0 spiro atoms. The van der Waals surface area contributed by atoms with Gasteiger partial charge < -0.3 is 10.2 Å². The molecule has 1 aromatic rings. The molecule has 1 aromatic carbocycles. The molecule has 1 amide bonds. The van der Waals surface area contributed by atoms with Crippen LogP contribution in [0.1, 0.15) is 24.8 Å². The second-order valence-electron chi connectivity index (χ2n) is 5.68. The Hall–Kier alpha value is -2.07.